The van der Waals surface area contributed by atoms with E-state index in [-0.39, 0.29) is 29.6 Å². The Morgan fingerprint density at radius 3 is 1.20 bits per heavy atom. The molecule has 0 aromatic rings. The van der Waals surface area contributed by atoms with Crippen molar-refractivity contribution in [3.8, 4) is 0 Å². The molecule has 256 valence electrons. The third-order valence-electron chi connectivity index (χ3n) is 4.98. The standard InChI is InChI=1S/C17H14F18O7S.Na/c18-10(19,12(22,23)14(26,27)16(30,31)32)3-5-41-8(36)2-1-7(43(38,39)40)9(37)42-6-4-11(20,21)13(24,25)15(28,29)17(33,34)35;/h7H,1-6H2,(H,38,39,40);/q;+1/p-1. The van der Waals surface area contributed by atoms with E-state index in [0.717, 1.165) is 0 Å². The molecule has 1 atom stereocenters. The van der Waals surface area contributed by atoms with E-state index >= 15 is 0 Å². The van der Waals surface area contributed by atoms with E-state index in [0.29, 0.717) is 0 Å². The minimum absolute atomic E-state index is 0. The molecule has 0 aromatic carbocycles. The monoisotopic (exact) mass is 726 g/mol. The summed E-state index contributed by atoms with van der Waals surface area (Å²) in [5.41, 5.74) is 0. The van der Waals surface area contributed by atoms with Crippen molar-refractivity contribution in [1.82, 2.24) is 0 Å². The number of halogens is 18. The molecule has 27 heteroatoms. The second-order valence-corrected chi connectivity index (χ2v) is 9.66. The maximum absolute atomic E-state index is 13.4. The number of rotatable bonds is 15. The van der Waals surface area contributed by atoms with Crippen LogP contribution in [0, 0.1) is 0 Å². The summed E-state index contributed by atoms with van der Waals surface area (Å²) in [5.74, 6) is -45.9. The van der Waals surface area contributed by atoms with E-state index in [1.165, 1.54) is 0 Å². The summed E-state index contributed by atoms with van der Waals surface area (Å²) in [6, 6.07) is 0. The smallest absolute Gasteiger partial charge is 0.747 e. The number of carbonyl (C=O) groups is 2. The first-order valence-corrected chi connectivity index (χ1v) is 11.8. The van der Waals surface area contributed by atoms with Gasteiger partial charge < -0.3 is 14.0 Å². The minimum Gasteiger partial charge on any atom is -0.747 e. The number of ether oxygens (including phenoxy) is 2. The Kier molecular flexibility index (Phi) is 14.4. The average Bonchev–Trinajstić information content (AvgIpc) is 2.75. The summed E-state index contributed by atoms with van der Waals surface area (Å²) in [4.78, 5) is 23.1. The van der Waals surface area contributed by atoms with Crippen LogP contribution in [0.25, 0.3) is 0 Å². The molecule has 0 aliphatic heterocycles. The van der Waals surface area contributed by atoms with Gasteiger partial charge in [0.25, 0.3) is 0 Å². The van der Waals surface area contributed by atoms with E-state index in [1.807, 2.05) is 0 Å². The summed E-state index contributed by atoms with van der Waals surface area (Å²) in [6.45, 7) is -4.32. The van der Waals surface area contributed by atoms with Crippen molar-refractivity contribution < 1.29 is 141 Å². The first-order chi connectivity index (χ1) is 18.6. The van der Waals surface area contributed by atoms with E-state index in [1.54, 1.807) is 0 Å². The van der Waals surface area contributed by atoms with Crippen LogP contribution >= 0.6 is 0 Å². The van der Waals surface area contributed by atoms with Crippen LogP contribution in [0.1, 0.15) is 25.7 Å². The maximum atomic E-state index is 13.4. The van der Waals surface area contributed by atoms with Crippen LogP contribution < -0.4 is 29.6 Å². The van der Waals surface area contributed by atoms with Gasteiger partial charge in [0.15, 0.2) is 0 Å². The van der Waals surface area contributed by atoms with Gasteiger partial charge in [0.2, 0.25) is 0 Å². The molecular weight excluding hydrogens is 713 g/mol. The molecule has 44 heavy (non-hydrogen) atoms. The third kappa shape index (κ3) is 9.56. The second kappa shape index (κ2) is 14.1. The van der Waals surface area contributed by atoms with Crippen molar-refractivity contribution in [2.24, 2.45) is 0 Å². The molecule has 0 amide bonds. The quantitative estimate of drug-likeness (QED) is 0.111. The summed E-state index contributed by atoms with van der Waals surface area (Å²) in [6.07, 6.45) is -23.2. The summed E-state index contributed by atoms with van der Waals surface area (Å²) in [5, 5.41) is -3.21. The average molecular weight is 726 g/mol. The predicted octanol–water partition coefficient (Wildman–Crippen LogP) is 2.49. The van der Waals surface area contributed by atoms with Crippen molar-refractivity contribution in [2.75, 3.05) is 13.2 Å². The molecule has 0 rings (SSSR count). The summed E-state index contributed by atoms with van der Waals surface area (Å²) >= 11 is 0. The van der Waals surface area contributed by atoms with Gasteiger partial charge in [-0.15, -0.1) is 0 Å². The molecular formula is C17H13F18NaO7S. The van der Waals surface area contributed by atoms with Crippen LogP contribution in [0.3, 0.4) is 0 Å². The molecule has 0 radical (unpaired) electrons. The van der Waals surface area contributed by atoms with Crippen molar-refractivity contribution in [3.05, 3.63) is 0 Å². The van der Waals surface area contributed by atoms with Gasteiger partial charge in [-0.2, -0.15) is 79.0 Å². The molecule has 1 unspecified atom stereocenters. The molecule has 0 saturated heterocycles. The largest absolute Gasteiger partial charge is 1.00 e. The topological polar surface area (TPSA) is 110 Å². The zero-order valence-corrected chi connectivity index (χ0v) is 23.7. The van der Waals surface area contributed by atoms with E-state index in [4.69, 9.17) is 0 Å². The first-order valence-electron chi connectivity index (χ1n) is 10.3. The molecule has 0 aliphatic rings. The van der Waals surface area contributed by atoms with Gasteiger partial charge in [-0.05, 0) is 6.42 Å². The Morgan fingerprint density at radius 2 is 0.909 bits per heavy atom. The Morgan fingerprint density at radius 1 is 0.591 bits per heavy atom. The molecule has 0 spiro atoms. The summed E-state index contributed by atoms with van der Waals surface area (Å²) in [7, 11) is -6.04. The number of carbonyl (C=O) groups excluding carboxylic acids is 2. The van der Waals surface area contributed by atoms with Crippen molar-refractivity contribution in [3.63, 3.8) is 0 Å². The second-order valence-electron chi connectivity index (χ2n) is 8.11. The Bertz CT molecular complexity index is 1100. The van der Waals surface area contributed by atoms with Gasteiger partial charge in [-0.25, -0.2) is 8.42 Å². The number of esters is 2. The van der Waals surface area contributed by atoms with Gasteiger partial charge in [-0.3, -0.25) is 9.59 Å². The zero-order chi connectivity index (χ0) is 34.9. The molecule has 0 fully saturated rings. The van der Waals surface area contributed by atoms with Crippen molar-refractivity contribution >= 4 is 22.1 Å². The fourth-order valence-corrected chi connectivity index (χ4v) is 3.21. The number of alkyl halides is 18. The number of hydrogen-bond donors (Lipinski definition) is 0. The number of hydrogen-bond acceptors (Lipinski definition) is 7. The van der Waals surface area contributed by atoms with Crippen LogP contribution in [-0.4, -0.2) is 91.3 Å². The molecule has 0 heterocycles. The Labute approximate surface area is 254 Å². The molecule has 0 saturated carbocycles. The fraction of sp³-hybridized carbons (Fsp3) is 0.882. The molecule has 0 N–H and O–H groups in total. The van der Waals surface area contributed by atoms with Gasteiger partial charge in [-0.1, -0.05) is 0 Å². The van der Waals surface area contributed by atoms with Crippen LogP contribution in [-0.2, 0) is 29.2 Å². The molecule has 0 bridgehead atoms. The molecule has 7 nitrogen and oxygen atoms in total. The SMILES string of the molecule is O=C(CCC(C(=O)OCCC(F)(F)C(F)(F)C(F)(F)C(F)(F)F)S(=O)(=O)[O-])OCCC(F)(F)C(F)(F)C(F)(F)C(F)(F)F.[Na+]. The van der Waals surface area contributed by atoms with Crippen LogP contribution in [0.15, 0.2) is 0 Å². The molecule has 0 aliphatic carbocycles. The Hall–Kier alpha value is -1.41. The van der Waals surface area contributed by atoms with Gasteiger partial charge >= 0.3 is 89.4 Å². The molecule has 0 aromatic heterocycles. The maximum Gasteiger partial charge on any atom is 1.00 e. The zero-order valence-electron chi connectivity index (χ0n) is 20.9. The van der Waals surface area contributed by atoms with Gasteiger partial charge in [0.05, 0.1) is 26.1 Å². The predicted molar refractivity (Wildman–Crippen MR) is 95.7 cm³/mol. The normalized spacial score (nSPS) is 15.3. The van der Waals surface area contributed by atoms with Gasteiger partial charge in [0.1, 0.15) is 15.4 Å². The van der Waals surface area contributed by atoms with E-state index in [2.05, 4.69) is 9.47 Å². The first kappa shape index (κ1) is 44.7. The third-order valence-corrected chi connectivity index (χ3v) is 6.11. The fourth-order valence-electron chi connectivity index (χ4n) is 2.50. The van der Waals surface area contributed by atoms with Crippen LogP contribution in [0.4, 0.5) is 79.0 Å². The van der Waals surface area contributed by atoms with Crippen LogP contribution in [0.2, 0.25) is 0 Å². The van der Waals surface area contributed by atoms with Crippen LogP contribution in [0.5, 0.6) is 0 Å². The minimum atomic E-state index is -7.34. The van der Waals surface area contributed by atoms with Crippen molar-refractivity contribution in [1.29, 1.82) is 0 Å². The van der Waals surface area contributed by atoms with Crippen molar-refractivity contribution in [2.45, 2.75) is 78.8 Å². The Balaban J connectivity index is 0. The summed E-state index contributed by atoms with van der Waals surface area (Å²) < 4.78 is 270. The van der Waals surface area contributed by atoms with E-state index < -0.39 is 114 Å². The van der Waals surface area contributed by atoms with E-state index in [9.17, 15) is 102 Å². The van der Waals surface area contributed by atoms with Gasteiger partial charge in [0, 0.05) is 6.42 Å².